The zero-order valence-electron chi connectivity index (χ0n) is 10.0. The fraction of sp³-hybridized carbons (Fsp3) is 1.00. The van der Waals surface area contributed by atoms with Crippen LogP contribution in [0.4, 0.5) is 0 Å². The van der Waals surface area contributed by atoms with Crippen molar-refractivity contribution in [2.24, 2.45) is 0 Å². The third-order valence-electron chi connectivity index (χ3n) is 2.53. The Balaban J connectivity index is 3.74. The van der Waals surface area contributed by atoms with E-state index in [0.717, 1.165) is 6.54 Å². The first-order chi connectivity index (χ1) is 6.61. The molecule has 86 valence electrons. The predicted molar refractivity (Wildman–Crippen MR) is 65.1 cm³/mol. The lowest BCUT2D eigenvalue weighted by atomic mass is 10.1. The van der Waals surface area contributed by atoms with E-state index in [9.17, 15) is 4.21 Å². The first-order valence-electron chi connectivity index (χ1n) is 5.67. The van der Waals surface area contributed by atoms with Crippen LogP contribution in [0, 0.1) is 0 Å². The molecular formula is C11H25NOS. The van der Waals surface area contributed by atoms with Crippen LogP contribution in [0.3, 0.4) is 0 Å². The molecule has 14 heavy (non-hydrogen) atoms. The van der Waals surface area contributed by atoms with Gasteiger partial charge in [0.1, 0.15) is 0 Å². The molecule has 0 saturated carbocycles. The van der Waals surface area contributed by atoms with Gasteiger partial charge in [-0.3, -0.25) is 4.21 Å². The number of hydrogen-bond donors (Lipinski definition) is 1. The summed E-state index contributed by atoms with van der Waals surface area (Å²) in [6, 6.07) is 0.621. The average molecular weight is 219 g/mol. The average Bonchev–Trinajstić information content (AvgIpc) is 2.14. The molecule has 0 aliphatic rings. The summed E-state index contributed by atoms with van der Waals surface area (Å²) in [5.41, 5.74) is 0. The summed E-state index contributed by atoms with van der Waals surface area (Å²) >= 11 is 0. The van der Waals surface area contributed by atoms with Crippen molar-refractivity contribution in [2.75, 3.05) is 12.8 Å². The molecule has 3 heteroatoms. The lowest BCUT2D eigenvalue weighted by Crippen LogP contribution is -2.35. The molecule has 2 atom stereocenters. The standard InChI is InChI=1S/C11H25NOS/c1-5-7-11(8-6-2)12-9-10(3)14(4)13/h10-12H,5-9H2,1-4H3. The van der Waals surface area contributed by atoms with Crippen molar-refractivity contribution in [2.45, 2.75) is 57.7 Å². The predicted octanol–water partition coefficient (Wildman–Crippen LogP) is 2.31. The van der Waals surface area contributed by atoms with E-state index in [1.165, 1.54) is 25.7 Å². The summed E-state index contributed by atoms with van der Waals surface area (Å²) < 4.78 is 11.1. The van der Waals surface area contributed by atoms with Crippen LogP contribution in [0.15, 0.2) is 0 Å². The first-order valence-corrected chi connectivity index (χ1v) is 7.29. The van der Waals surface area contributed by atoms with Gasteiger partial charge in [0.05, 0.1) is 0 Å². The molecule has 0 amide bonds. The molecule has 0 aromatic heterocycles. The molecule has 0 spiro atoms. The highest BCUT2D eigenvalue weighted by molar-refractivity contribution is 7.84. The fourth-order valence-corrected chi connectivity index (χ4v) is 1.83. The maximum atomic E-state index is 11.1. The summed E-state index contributed by atoms with van der Waals surface area (Å²) in [5.74, 6) is 0. The fourth-order valence-electron chi connectivity index (χ4n) is 1.50. The second-order valence-electron chi connectivity index (χ2n) is 3.99. The third kappa shape index (κ3) is 6.55. The molecule has 0 aromatic carbocycles. The number of rotatable bonds is 8. The maximum absolute atomic E-state index is 11.1. The summed E-state index contributed by atoms with van der Waals surface area (Å²) in [5, 5.41) is 3.78. The van der Waals surface area contributed by atoms with E-state index < -0.39 is 10.8 Å². The van der Waals surface area contributed by atoms with Gasteiger partial charge in [0, 0.05) is 34.9 Å². The van der Waals surface area contributed by atoms with E-state index in [0.29, 0.717) is 6.04 Å². The Hall–Kier alpha value is 0.110. The molecule has 0 heterocycles. The van der Waals surface area contributed by atoms with Crippen LogP contribution in [0.25, 0.3) is 0 Å². The van der Waals surface area contributed by atoms with Crippen LogP contribution in [0.5, 0.6) is 0 Å². The van der Waals surface area contributed by atoms with Crippen LogP contribution in [0.1, 0.15) is 46.5 Å². The SMILES string of the molecule is CCCC(CCC)NCC(C)S(C)=O. The van der Waals surface area contributed by atoms with Crippen molar-refractivity contribution in [3.63, 3.8) is 0 Å². The van der Waals surface area contributed by atoms with Crippen molar-refractivity contribution in [1.29, 1.82) is 0 Å². The molecule has 0 saturated heterocycles. The molecule has 0 aliphatic carbocycles. The monoisotopic (exact) mass is 219 g/mol. The third-order valence-corrected chi connectivity index (χ3v) is 3.83. The normalized spacial score (nSPS) is 15.8. The molecule has 0 radical (unpaired) electrons. The Kier molecular flexibility index (Phi) is 8.49. The highest BCUT2D eigenvalue weighted by atomic mass is 32.2. The molecule has 1 N–H and O–H groups in total. The van der Waals surface area contributed by atoms with E-state index in [1.807, 2.05) is 6.92 Å². The van der Waals surface area contributed by atoms with Gasteiger partial charge in [-0.25, -0.2) is 0 Å². The van der Waals surface area contributed by atoms with E-state index in [-0.39, 0.29) is 5.25 Å². The maximum Gasteiger partial charge on any atom is 0.0441 e. The van der Waals surface area contributed by atoms with Gasteiger partial charge in [0.15, 0.2) is 0 Å². The Morgan fingerprint density at radius 2 is 1.71 bits per heavy atom. The molecule has 0 fully saturated rings. The Morgan fingerprint density at radius 3 is 2.07 bits per heavy atom. The minimum absolute atomic E-state index is 0.270. The van der Waals surface area contributed by atoms with Crippen LogP contribution >= 0.6 is 0 Å². The van der Waals surface area contributed by atoms with E-state index in [1.54, 1.807) is 6.26 Å². The highest BCUT2D eigenvalue weighted by Crippen LogP contribution is 2.04. The van der Waals surface area contributed by atoms with Crippen LogP contribution in [0.2, 0.25) is 0 Å². The Labute approximate surface area is 91.3 Å². The number of nitrogens with one attached hydrogen (secondary N) is 1. The van der Waals surface area contributed by atoms with Crippen LogP contribution < -0.4 is 5.32 Å². The molecule has 0 aromatic rings. The number of hydrogen-bond acceptors (Lipinski definition) is 2. The van der Waals surface area contributed by atoms with E-state index in [4.69, 9.17) is 0 Å². The quantitative estimate of drug-likeness (QED) is 0.679. The highest BCUT2D eigenvalue weighted by Gasteiger charge is 2.10. The van der Waals surface area contributed by atoms with Gasteiger partial charge in [-0.15, -0.1) is 0 Å². The molecule has 0 aliphatic heterocycles. The summed E-state index contributed by atoms with van der Waals surface area (Å²) in [4.78, 5) is 0. The van der Waals surface area contributed by atoms with E-state index in [2.05, 4.69) is 19.2 Å². The summed E-state index contributed by atoms with van der Waals surface area (Å²) in [6.07, 6.45) is 6.69. The Bertz CT molecular complexity index is 155. The topological polar surface area (TPSA) is 29.1 Å². The van der Waals surface area contributed by atoms with Gasteiger partial charge in [-0.1, -0.05) is 26.7 Å². The molecule has 0 bridgehead atoms. The Morgan fingerprint density at radius 1 is 1.21 bits per heavy atom. The van der Waals surface area contributed by atoms with Crippen molar-refractivity contribution >= 4 is 10.8 Å². The van der Waals surface area contributed by atoms with Gasteiger partial charge in [-0.05, 0) is 19.8 Å². The smallest absolute Gasteiger partial charge is 0.0441 e. The van der Waals surface area contributed by atoms with Gasteiger partial charge >= 0.3 is 0 Å². The van der Waals surface area contributed by atoms with E-state index >= 15 is 0 Å². The first kappa shape index (κ1) is 14.1. The van der Waals surface area contributed by atoms with Crippen LogP contribution in [-0.4, -0.2) is 28.3 Å². The minimum atomic E-state index is -0.697. The zero-order valence-corrected chi connectivity index (χ0v) is 10.8. The second kappa shape index (κ2) is 8.42. The largest absolute Gasteiger partial charge is 0.313 e. The minimum Gasteiger partial charge on any atom is -0.313 e. The van der Waals surface area contributed by atoms with Crippen molar-refractivity contribution in [3.05, 3.63) is 0 Å². The molecule has 2 nitrogen and oxygen atoms in total. The molecular weight excluding hydrogens is 194 g/mol. The molecule has 0 rings (SSSR count). The van der Waals surface area contributed by atoms with Gasteiger partial charge < -0.3 is 5.32 Å². The van der Waals surface area contributed by atoms with Gasteiger partial charge in [0.2, 0.25) is 0 Å². The van der Waals surface area contributed by atoms with Crippen LogP contribution in [-0.2, 0) is 10.8 Å². The summed E-state index contributed by atoms with van der Waals surface area (Å²) in [6.45, 7) is 7.35. The molecule has 2 unspecified atom stereocenters. The van der Waals surface area contributed by atoms with Crippen molar-refractivity contribution in [1.82, 2.24) is 5.32 Å². The van der Waals surface area contributed by atoms with Gasteiger partial charge in [-0.2, -0.15) is 0 Å². The van der Waals surface area contributed by atoms with Crippen molar-refractivity contribution in [3.8, 4) is 0 Å². The lowest BCUT2D eigenvalue weighted by Gasteiger charge is -2.19. The van der Waals surface area contributed by atoms with Crippen molar-refractivity contribution < 1.29 is 4.21 Å². The summed E-state index contributed by atoms with van der Waals surface area (Å²) in [7, 11) is -0.697. The zero-order chi connectivity index (χ0) is 11.0. The van der Waals surface area contributed by atoms with Gasteiger partial charge in [0.25, 0.3) is 0 Å². The second-order valence-corrected chi connectivity index (χ2v) is 5.79. The lowest BCUT2D eigenvalue weighted by molar-refractivity contribution is 0.445.